The minimum absolute atomic E-state index is 0.867. The van der Waals surface area contributed by atoms with E-state index in [2.05, 4.69) is 72.2 Å². The Balaban J connectivity index is 1.92. The van der Waals surface area contributed by atoms with Crippen LogP contribution in [0.1, 0.15) is 33.5 Å². The van der Waals surface area contributed by atoms with Gasteiger partial charge in [-0.1, -0.05) is 0 Å². The van der Waals surface area contributed by atoms with Crippen LogP contribution in [0.2, 0.25) is 11.5 Å². The number of hydrogen-bond donors (Lipinski definition) is 0. The van der Waals surface area contributed by atoms with E-state index in [-0.39, 0.29) is 0 Å². The Bertz CT molecular complexity index is 481. The van der Waals surface area contributed by atoms with Gasteiger partial charge in [-0.3, -0.25) is 0 Å². The summed E-state index contributed by atoms with van der Waals surface area (Å²) in [4.78, 5) is 0. The molecular weight excluding hydrogens is 289 g/mol. The minimum atomic E-state index is -1.85. The first kappa shape index (κ1) is 13.0. The van der Waals surface area contributed by atoms with E-state index >= 15 is 0 Å². The van der Waals surface area contributed by atoms with E-state index in [1.807, 2.05) is 0 Å². The zero-order valence-corrected chi connectivity index (χ0v) is 13.9. The summed E-state index contributed by atoms with van der Waals surface area (Å²) in [5.41, 5.74) is 3.18. The third-order valence-electron chi connectivity index (χ3n) is 4.94. The predicted molar refractivity (Wildman–Crippen MR) is 85.1 cm³/mol. The number of rotatable bonds is 2. The van der Waals surface area contributed by atoms with Crippen LogP contribution >= 0.6 is 0 Å². The van der Waals surface area contributed by atoms with Crippen molar-refractivity contribution in [3.8, 4) is 0 Å². The molecule has 3 rings (SSSR count). The summed E-state index contributed by atoms with van der Waals surface area (Å²) < 4.78 is 1.73. The molecule has 1 aliphatic rings. The van der Waals surface area contributed by atoms with Crippen molar-refractivity contribution in [1.82, 2.24) is 0 Å². The summed E-state index contributed by atoms with van der Waals surface area (Å²) in [5.74, 6) is 5.25. The van der Waals surface area contributed by atoms with Gasteiger partial charge in [-0.2, -0.15) is 0 Å². The SMILES string of the molecule is [CH3][Ge]1([CH3])[C@@H](c2ccccc2)CC[C@H]1c1ccccc1. The maximum absolute atomic E-state index is 2.63. The number of hydrogen-bond acceptors (Lipinski definition) is 0. The molecule has 0 saturated carbocycles. The van der Waals surface area contributed by atoms with Gasteiger partial charge in [-0.05, 0) is 0 Å². The van der Waals surface area contributed by atoms with E-state index in [1.54, 1.807) is 11.1 Å². The van der Waals surface area contributed by atoms with Crippen LogP contribution in [-0.2, 0) is 0 Å². The summed E-state index contributed by atoms with van der Waals surface area (Å²) in [5, 5.41) is 0. The van der Waals surface area contributed by atoms with Crippen LogP contribution in [0.3, 0.4) is 0 Å². The van der Waals surface area contributed by atoms with Crippen LogP contribution in [0.5, 0.6) is 0 Å². The summed E-state index contributed by atoms with van der Waals surface area (Å²) in [6.07, 6.45) is 2.77. The molecule has 0 N–H and O–H groups in total. The first-order chi connectivity index (χ1) is 9.19. The molecule has 2 aromatic carbocycles. The summed E-state index contributed by atoms with van der Waals surface area (Å²) in [6.45, 7) is 0. The van der Waals surface area contributed by atoms with Crippen molar-refractivity contribution < 1.29 is 0 Å². The van der Waals surface area contributed by atoms with E-state index < -0.39 is 13.3 Å². The molecule has 0 spiro atoms. The zero-order valence-electron chi connectivity index (χ0n) is 11.8. The second-order valence-electron chi connectivity index (χ2n) is 6.33. The van der Waals surface area contributed by atoms with Gasteiger partial charge in [0, 0.05) is 0 Å². The van der Waals surface area contributed by atoms with Crippen molar-refractivity contribution in [3.05, 3.63) is 71.8 Å². The van der Waals surface area contributed by atoms with E-state index in [0.717, 1.165) is 9.50 Å². The standard InChI is InChI=1S/C18H22Ge/c1-19(2)17(15-9-5-3-6-10-15)13-14-18(19)16-11-7-4-8-12-16/h3-12,17-18H,13-14H2,1-2H3/t17-,18+. The Morgan fingerprint density at radius 2 is 1.05 bits per heavy atom. The third kappa shape index (κ3) is 2.38. The van der Waals surface area contributed by atoms with Crippen LogP contribution < -0.4 is 0 Å². The van der Waals surface area contributed by atoms with Gasteiger partial charge in [0.05, 0.1) is 0 Å². The van der Waals surface area contributed by atoms with Crippen molar-refractivity contribution in [1.29, 1.82) is 0 Å². The Labute approximate surface area is 119 Å². The van der Waals surface area contributed by atoms with Crippen molar-refractivity contribution in [2.75, 3.05) is 0 Å². The van der Waals surface area contributed by atoms with Crippen molar-refractivity contribution >= 4 is 13.3 Å². The summed E-state index contributed by atoms with van der Waals surface area (Å²) >= 11 is -1.85. The van der Waals surface area contributed by atoms with Gasteiger partial charge in [0.1, 0.15) is 0 Å². The molecule has 0 aromatic heterocycles. The molecule has 0 bridgehead atoms. The monoisotopic (exact) mass is 312 g/mol. The molecule has 1 fully saturated rings. The molecule has 19 heavy (non-hydrogen) atoms. The Morgan fingerprint density at radius 3 is 1.42 bits per heavy atom. The van der Waals surface area contributed by atoms with E-state index in [9.17, 15) is 0 Å². The molecule has 0 aliphatic carbocycles. The molecule has 1 aliphatic heterocycles. The fourth-order valence-electron chi connectivity index (χ4n) is 3.88. The average molecular weight is 311 g/mol. The summed E-state index contributed by atoms with van der Waals surface area (Å²) in [7, 11) is 0. The molecule has 2 aromatic rings. The number of benzene rings is 2. The Morgan fingerprint density at radius 1 is 0.684 bits per heavy atom. The van der Waals surface area contributed by atoms with Crippen LogP contribution in [-0.4, -0.2) is 13.3 Å². The first-order valence-electron chi connectivity index (χ1n) is 7.29. The van der Waals surface area contributed by atoms with Crippen LogP contribution in [0, 0.1) is 0 Å². The molecule has 0 radical (unpaired) electrons. The fourth-order valence-corrected chi connectivity index (χ4v) is 13.1. The molecule has 1 heterocycles. The molecule has 0 amide bonds. The topological polar surface area (TPSA) is 0 Å². The van der Waals surface area contributed by atoms with E-state index in [0.29, 0.717) is 0 Å². The van der Waals surface area contributed by atoms with Gasteiger partial charge in [-0.25, -0.2) is 0 Å². The van der Waals surface area contributed by atoms with Crippen molar-refractivity contribution in [2.24, 2.45) is 0 Å². The van der Waals surface area contributed by atoms with Crippen LogP contribution in [0.4, 0.5) is 0 Å². The third-order valence-corrected chi connectivity index (χ3v) is 15.1. The maximum atomic E-state index is 2.63. The first-order valence-corrected chi connectivity index (χ1v) is 13.9. The summed E-state index contributed by atoms with van der Waals surface area (Å²) in [6, 6.07) is 22.4. The van der Waals surface area contributed by atoms with Crippen molar-refractivity contribution in [3.63, 3.8) is 0 Å². The van der Waals surface area contributed by atoms with Gasteiger partial charge in [-0.15, -0.1) is 0 Å². The molecule has 1 saturated heterocycles. The molecule has 2 atom stereocenters. The molecule has 0 unspecified atom stereocenters. The van der Waals surface area contributed by atoms with Gasteiger partial charge in [0.2, 0.25) is 0 Å². The van der Waals surface area contributed by atoms with Gasteiger partial charge in [0.25, 0.3) is 0 Å². The second kappa shape index (κ2) is 5.16. The second-order valence-corrected chi connectivity index (χ2v) is 16.9. The van der Waals surface area contributed by atoms with Gasteiger partial charge in [0.15, 0.2) is 0 Å². The van der Waals surface area contributed by atoms with E-state index in [4.69, 9.17) is 0 Å². The van der Waals surface area contributed by atoms with E-state index in [1.165, 1.54) is 12.8 Å². The normalized spacial score (nSPS) is 25.4. The average Bonchev–Trinajstić information content (AvgIpc) is 2.76. The zero-order chi connectivity index (χ0) is 13.3. The Hall–Kier alpha value is -1.02. The molecule has 1 heteroatoms. The van der Waals surface area contributed by atoms with Crippen molar-refractivity contribution in [2.45, 2.75) is 33.9 Å². The Kier molecular flexibility index (Phi) is 3.53. The quantitative estimate of drug-likeness (QED) is 0.674. The van der Waals surface area contributed by atoms with Crippen LogP contribution in [0.15, 0.2) is 60.7 Å². The molecule has 98 valence electrons. The van der Waals surface area contributed by atoms with Gasteiger partial charge >= 0.3 is 119 Å². The molecular formula is C18H22Ge. The molecule has 0 nitrogen and oxygen atoms in total. The van der Waals surface area contributed by atoms with Crippen LogP contribution in [0.25, 0.3) is 0 Å². The fraction of sp³-hybridized carbons (Fsp3) is 0.333. The predicted octanol–water partition coefficient (Wildman–Crippen LogP) is 5.13. The van der Waals surface area contributed by atoms with Gasteiger partial charge < -0.3 is 0 Å².